The normalized spacial score (nSPS) is 17.5. The van der Waals surface area contributed by atoms with Crippen LogP contribution in [-0.2, 0) is 19.3 Å². The zero-order valence-corrected chi connectivity index (χ0v) is 18.0. The summed E-state index contributed by atoms with van der Waals surface area (Å²) >= 11 is 0. The van der Waals surface area contributed by atoms with Gasteiger partial charge < -0.3 is 15.4 Å². The van der Waals surface area contributed by atoms with Crippen molar-refractivity contribution in [1.82, 2.24) is 15.3 Å². The van der Waals surface area contributed by atoms with Crippen LogP contribution >= 0.6 is 0 Å². The number of nitrogens with zero attached hydrogens (tertiary/aromatic N) is 1. The molecule has 0 saturated carbocycles. The van der Waals surface area contributed by atoms with E-state index in [1.807, 2.05) is 36.4 Å². The summed E-state index contributed by atoms with van der Waals surface area (Å²) in [5.41, 5.74) is 6.03. The van der Waals surface area contributed by atoms with Gasteiger partial charge in [0.15, 0.2) is 0 Å². The molecular formula is C25H31N3O2. The average molecular weight is 406 g/mol. The number of amides is 1. The summed E-state index contributed by atoms with van der Waals surface area (Å²) in [6, 6.07) is 13.5. The molecule has 0 bridgehead atoms. The molecule has 30 heavy (non-hydrogen) atoms. The van der Waals surface area contributed by atoms with Gasteiger partial charge in [-0.3, -0.25) is 9.78 Å². The highest BCUT2D eigenvalue weighted by Crippen LogP contribution is 2.37. The van der Waals surface area contributed by atoms with E-state index in [2.05, 4.69) is 37.1 Å². The van der Waals surface area contributed by atoms with Crippen LogP contribution in [0.1, 0.15) is 54.5 Å². The maximum Gasteiger partial charge on any atom is 0.268 e. The van der Waals surface area contributed by atoms with E-state index in [0.29, 0.717) is 18.0 Å². The SMILES string of the molecule is CC(C)(C)C1CCc2nc3cc(C(=O)N[C@H](CO)Cc4ccccc4)[nH]c3cc2C1. The molecule has 0 aliphatic heterocycles. The van der Waals surface area contributed by atoms with Crippen LogP contribution in [0, 0.1) is 11.3 Å². The van der Waals surface area contributed by atoms with Gasteiger partial charge in [0, 0.05) is 5.69 Å². The lowest BCUT2D eigenvalue weighted by Gasteiger charge is -2.34. The molecule has 0 spiro atoms. The average Bonchev–Trinajstić information content (AvgIpc) is 3.14. The zero-order chi connectivity index (χ0) is 21.3. The van der Waals surface area contributed by atoms with Crippen LogP contribution in [0.5, 0.6) is 0 Å². The Hall–Kier alpha value is -2.66. The van der Waals surface area contributed by atoms with Crippen molar-refractivity contribution in [3.05, 3.63) is 65.0 Å². The van der Waals surface area contributed by atoms with Crippen LogP contribution in [-0.4, -0.2) is 33.6 Å². The molecule has 1 aromatic carbocycles. The Morgan fingerprint density at radius 2 is 2.03 bits per heavy atom. The number of H-pyrrole nitrogens is 1. The molecule has 3 aromatic rings. The predicted molar refractivity (Wildman–Crippen MR) is 120 cm³/mol. The number of aliphatic hydroxyl groups is 1. The summed E-state index contributed by atoms with van der Waals surface area (Å²) in [5.74, 6) is 0.429. The zero-order valence-electron chi connectivity index (χ0n) is 18.0. The van der Waals surface area contributed by atoms with E-state index in [4.69, 9.17) is 4.98 Å². The van der Waals surface area contributed by atoms with Gasteiger partial charge in [-0.2, -0.15) is 0 Å². The second kappa shape index (κ2) is 8.23. The van der Waals surface area contributed by atoms with Crippen molar-refractivity contribution >= 4 is 16.9 Å². The van der Waals surface area contributed by atoms with Gasteiger partial charge in [-0.15, -0.1) is 0 Å². The van der Waals surface area contributed by atoms with Crippen molar-refractivity contribution in [2.45, 2.75) is 52.5 Å². The molecule has 5 nitrogen and oxygen atoms in total. The maximum atomic E-state index is 12.8. The number of aliphatic hydroxyl groups excluding tert-OH is 1. The first-order chi connectivity index (χ1) is 14.3. The summed E-state index contributed by atoms with van der Waals surface area (Å²) < 4.78 is 0. The lowest BCUT2D eigenvalue weighted by Crippen LogP contribution is -2.39. The molecular weight excluding hydrogens is 374 g/mol. The molecule has 2 aromatic heterocycles. The van der Waals surface area contributed by atoms with E-state index < -0.39 is 0 Å². The molecule has 158 valence electrons. The van der Waals surface area contributed by atoms with E-state index in [1.165, 1.54) is 5.56 Å². The molecule has 2 heterocycles. The van der Waals surface area contributed by atoms with Crippen LogP contribution in [0.3, 0.4) is 0 Å². The van der Waals surface area contributed by atoms with Crippen molar-refractivity contribution in [2.75, 3.05) is 6.61 Å². The van der Waals surface area contributed by atoms with Crippen molar-refractivity contribution in [2.24, 2.45) is 11.3 Å². The van der Waals surface area contributed by atoms with E-state index in [-0.39, 0.29) is 24.0 Å². The van der Waals surface area contributed by atoms with Gasteiger partial charge in [0.1, 0.15) is 5.69 Å². The largest absolute Gasteiger partial charge is 0.394 e. The number of pyridine rings is 1. The maximum absolute atomic E-state index is 12.8. The molecule has 4 rings (SSSR count). The lowest BCUT2D eigenvalue weighted by atomic mass is 9.71. The number of carbonyl (C=O) groups excluding carboxylic acids is 1. The smallest absolute Gasteiger partial charge is 0.268 e. The number of aryl methyl sites for hydroxylation is 1. The van der Waals surface area contributed by atoms with E-state index >= 15 is 0 Å². The number of hydrogen-bond acceptors (Lipinski definition) is 3. The molecule has 0 radical (unpaired) electrons. The second-order valence-corrected chi connectivity index (χ2v) is 9.56. The van der Waals surface area contributed by atoms with Crippen LogP contribution < -0.4 is 5.32 Å². The number of aromatic amines is 1. The summed E-state index contributed by atoms with van der Waals surface area (Å²) in [4.78, 5) is 20.9. The van der Waals surface area contributed by atoms with Crippen LogP contribution in [0.15, 0.2) is 42.5 Å². The standard InChI is InChI=1S/C25H31N3O2/c1-25(2,3)18-9-10-20-17(12-18)13-21-22(27-20)14-23(28-21)24(30)26-19(15-29)11-16-7-5-4-6-8-16/h4-8,13-14,18-19,28-29H,9-12,15H2,1-3H3,(H,26,30)/t18?,19-/m0/s1. The third kappa shape index (κ3) is 4.41. The van der Waals surface area contributed by atoms with Gasteiger partial charge in [0.2, 0.25) is 0 Å². The van der Waals surface area contributed by atoms with Gasteiger partial charge in [0.25, 0.3) is 5.91 Å². The monoisotopic (exact) mass is 405 g/mol. The highest BCUT2D eigenvalue weighted by Gasteiger charge is 2.29. The number of carbonyl (C=O) groups is 1. The van der Waals surface area contributed by atoms with Crippen LogP contribution in [0.25, 0.3) is 11.0 Å². The second-order valence-electron chi connectivity index (χ2n) is 9.56. The Labute approximate surface area is 177 Å². The molecule has 1 aliphatic rings. The molecule has 1 amide bonds. The Morgan fingerprint density at radius 3 is 2.73 bits per heavy atom. The summed E-state index contributed by atoms with van der Waals surface area (Å²) in [6.45, 7) is 6.80. The van der Waals surface area contributed by atoms with Crippen molar-refractivity contribution < 1.29 is 9.90 Å². The molecule has 5 heteroatoms. The minimum atomic E-state index is -0.333. The molecule has 0 fully saturated rings. The Morgan fingerprint density at radius 1 is 1.27 bits per heavy atom. The fourth-order valence-corrected chi connectivity index (χ4v) is 4.39. The minimum absolute atomic E-state index is 0.110. The van der Waals surface area contributed by atoms with Gasteiger partial charge in [-0.1, -0.05) is 51.1 Å². The Bertz CT molecular complexity index is 1030. The summed E-state index contributed by atoms with van der Waals surface area (Å²) in [7, 11) is 0. The molecule has 1 aliphatic carbocycles. The first-order valence-corrected chi connectivity index (χ1v) is 10.8. The molecule has 3 N–H and O–H groups in total. The summed E-state index contributed by atoms with van der Waals surface area (Å²) in [5, 5.41) is 12.7. The van der Waals surface area contributed by atoms with Crippen molar-refractivity contribution in [1.29, 1.82) is 0 Å². The fraction of sp³-hybridized carbons (Fsp3) is 0.440. The first kappa shape index (κ1) is 20.6. The summed E-state index contributed by atoms with van der Waals surface area (Å²) in [6.07, 6.45) is 3.77. The van der Waals surface area contributed by atoms with Crippen molar-refractivity contribution in [3.8, 4) is 0 Å². The van der Waals surface area contributed by atoms with E-state index in [1.54, 1.807) is 0 Å². The van der Waals surface area contributed by atoms with E-state index in [0.717, 1.165) is 41.6 Å². The number of hydrogen-bond donors (Lipinski definition) is 3. The highest BCUT2D eigenvalue weighted by molar-refractivity contribution is 5.97. The highest BCUT2D eigenvalue weighted by atomic mass is 16.3. The Kier molecular flexibility index (Phi) is 5.65. The number of benzene rings is 1. The van der Waals surface area contributed by atoms with Gasteiger partial charge >= 0.3 is 0 Å². The molecule has 2 atom stereocenters. The van der Waals surface area contributed by atoms with Gasteiger partial charge in [-0.25, -0.2) is 0 Å². The number of aromatic nitrogens is 2. The number of nitrogens with one attached hydrogen (secondary N) is 2. The topological polar surface area (TPSA) is 78.0 Å². The molecule has 0 saturated heterocycles. The van der Waals surface area contributed by atoms with Crippen molar-refractivity contribution in [3.63, 3.8) is 0 Å². The van der Waals surface area contributed by atoms with Crippen LogP contribution in [0.4, 0.5) is 0 Å². The predicted octanol–water partition coefficient (Wildman–Crippen LogP) is 4.05. The molecule has 1 unspecified atom stereocenters. The Balaban J connectivity index is 1.51. The van der Waals surface area contributed by atoms with E-state index in [9.17, 15) is 9.90 Å². The lowest BCUT2D eigenvalue weighted by molar-refractivity contribution is 0.0912. The minimum Gasteiger partial charge on any atom is -0.394 e. The van der Waals surface area contributed by atoms with Crippen LogP contribution in [0.2, 0.25) is 0 Å². The third-order valence-corrected chi connectivity index (χ3v) is 6.32. The number of rotatable bonds is 5. The number of fused-ring (bicyclic) bond motifs is 2. The van der Waals surface area contributed by atoms with Gasteiger partial charge in [-0.05, 0) is 60.3 Å². The fourth-order valence-electron chi connectivity index (χ4n) is 4.39. The third-order valence-electron chi connectivity index (χ3n) is 6.32. The van der Waals surface area contributed by atoms with Gasteiger partial charge in [0.05, 0.1) is 23.7 Å². The first-order valence-electron chi connectivity index (χ1n) is 10.8. The quantitative estimate of drug-likeness (QED) is 0.599.